The largest absolute Gasteiger partial charge is 0.288 e. The highest BCUT2D eigenvalue weighted by molar-refractivity contribution is 9.11. The highest BCUT2D eigenvalue weighted by Crippen LogP contribution is 2.21. The number of halogens is 2. The third kappa shape index (κ3) is 2.79. The van der Waals surface area contributed by atoms with E-state index < -0.39 is 0 Å². The molecular formula is C8H8Br2N2O. The van der Waals surface area contributed by atoms with E-state index in [0.717, 1.165) is 8.95 Å². The van der Waals surface area contributed by atoms with Crippen molar-refractivity contribution in [3.05, 3.63) is 32.7 Å². The molecule has 0 saturated heterocycles. The van der Waals surface area contributed by atoms with Crippen LogP contribution in [0.15, 0.2) is 27.1 Å². The Balaban J connectivity index is 2.95. The molecule has 3 nitrogen and oxygen atoms in total. The summed E-state index contributed by atoms with van der Waals surface area (Å²) in [4.78, 5) is 11.4. The van der Waals surface area contributed by atoms with E-state index in [1.54, 1.807) is 13.1 Å². The summed E-state index contributed by atoms with van der Waals surface area (Å²) in [7, 11) is 1.64. The Hall–Kier alpha value is -0.390. The minimum Gasteiger partial charge on any atom is -0.288 e. The van der Waals surface area contributed by atoms with Crippen LogP contribution in [0, 0.1) is 0 Å². The number of amides is 1. The van der Waals surface area contributed by atoms with Crippen LogP contribution >= 0.6 is 31.9 Å². The highest BCUT2D eigenvalue weighted by Gasteiger charge is 2.08. The van der Waals surface area contributed by atoms with Crippen molar-refractivity contribution in [1.29, 1.82) is 0 Å². The summed E-state index contributed by atoms with van der Waals surface area (Å²) in [5, 5.41) is 0. The van der Waals surface area contributed by atoms with Crippen LogP contribution in [0.2, 0.25) is 0 Å². The van der Waals surface area contributed by atoms with Crippen LogP contribution in [0.4, 0.5) is 0 Å². The lowest BCUT2D eigenvalue weighted by Crippen LogP contribution is -2.34. The molecule has 1 aromatic rings. The highest BCUT2D eigenvalue weighted by atomic mass is 79.9. The van der Waals surface area contributed by atoms with Gasteiger partial charge in [0.2, 0.25) is 0 Å². The van der Waals surface area contributed by atoms with E-state index >= 15 is 0 Å². The zero-order chi connectivity index (χ0) is 9.84. The molecule has 70 valence electrons. The Morgan fingerprint density at radius 1 is 1.38 bits per heavy atom. The standard InChI is InChI=1S/C8H8Br2N2O/c1-11-12-8(13)6-3-2-5(9)4-7(6)10/h2-4,11H,1H3,(H,12,13). The Morgan fingerprint density at radius 3 is 2.62 bits per heavy atom. The summed E-state index contributed by atoms with van der Waals surface area (Å²) >= 11 is 6.61. The molecule has 2 N–H and O–H groups in total. The van der Waals surface area contributed by atoms with Gasteiger partial charge >= 0.3 is 0 Å². The number of carbonyl (C=O) groups excluding carboxylic acids is 1. The molecule has 0 atom stereocenters. The minimum absolute atomic E-state index is 0.165. The fourth-order valence-corrected chi connectivity index (χ4v) is 2.08. The van der Waals surface area contributed by atoms with Crippen molar-refractivity contribution in [3.63, 3.8) is 0 Å². The third-order valence-electron chi connectivity index (χ3n) is 1.41. The van der Waals surface area contributed by atoms with Gasteiger partial charge in [-0.15, -0.1) is 0 Å². The molecule has 0 spiro atoms. The van der Waals surface area contributed by atoms with E-state index in [9.17, 15) is 4.79 Å². The zero-order valence-electron chi connectivity index (χ0n) is 6.90. The molecule has 1 rings (SSSR count). The predicted molar refractivity (Wildman–Crippen MR) is 58.4 cm³/mol. The second-order valence-electron chi connectivity index (χ2n) is 2.33. The number of benzene rings is 1. The van der Waals surface area contributed by atoms with Crippen LogP contribution in [0.25, 0.3) is 0 Å². The number of hydrazine groups is 1. The van der Waals surface area contributed by atoms with Gasteiger partial charge in [0.25, 0.3) is 5.91 Å². The van der Waals surface area contributed by atoms with Crippen molar-refractivity contribution in [2.75, 3.05) is 7.05 Å². The summed E-state index contributed by atoms with van der Waals surface area (Å²) in [6.07, 6.45) is 0. The van der Waals surface area contributed by atoms with Crippen molar-refractivity contribution >= 4 is 37.8 Å². The van der Waals surface area contributed by atoms with Gasteiger partial charge < -0.3 is 0 Å². The van der Waals surface area contributed by atoms with Gasteiger partial charge in [0, 0.05) is 16.0 Å². The van der Waals surface area contributed by atoms with Gasteiger partial charge in [-0.1, -0.05) is 15.9 Å². The lowest BCUT2D eigenvalue weighted by atomic mass is 10.2. The maximum absolute atomic E-state index is 11.4. The first-order valence-electron chi connectivity index (χ1n) is 3.57. The summed E-state index contributed by atoms with van der Waals surface area (Å²) in [5.74, 6) is -0.165. The molecule has 0 radical (unpaired) electrons. The maximum Gasteiger partial charge on any atom is 0.266 e. The molecule has 13 heavy (non-hydrogen) atoms. The van der Waals surface area contributed by atoms with Gasteiger partial charge in [0.1, 0.15) is 0 Å². The fourth-order valence-electron chi connectivity index (χ4n) is 0.854. The van der Waals surface area contributed by atoms with Crippen molar-refractivity contribution < 1.29 is 4.79 Å². The van der Waals surface area contributed by atoms with Crippen LogP contribution in [-0.2, 0) is 0 Å². The summed E-state index contributed by atoms with van der Waals surface area (Å²) < 4.78 is 1.69. The Kier molecular flexibility index (Phi) is 3.90. The first kappa shape index (κ1) is 10.7. The van der Waals surface area contributed by atoms with Crippen molar-refractivity contribution in [2.45, 2.75) is 0 Å². The van der Waals surface area contributed by atoms with E-state index in [1.165, 1.54) is 0 Å². The van der Waals surface area contributed by atoms with Crippen LogP contribution in [-0.4, -0.2) is 13.0 Å². The van der Waals surface area contributed by atoms with Crippen molar-refractivity contribution in [2.24, 2.45) is 0 Å². The summed E-state index contributed by atoms with van der Waals surface area (Å²) in [6, 6.07) is 5.38. The average molecular weight is 308 g/mol. The van der Waals surface area contributed by atoms with Gasteiger partial charge in [-0.25, -0.2) is 5.43 Å². The second-order valence-corrected chi connectivity index (χ2v) is 4.10. The minimum atomic E-state index is -0.165. The topological polar surface area (TPSA) is 41.1 Å². The Bertz CT molecular complexity index is 328. The van der Waals surface area contributed by atoms with Gasteiger partial charge in [0.05, 0.1) is 5.56 Å². The smallest absolute Gasteiger partial charge is 0.266 e. The van der Waals surface area contributed by atoms with E-state index in [4.69, 9.17) is 0 Å². The maximum atomic E-state index is 11.4. The molecule has 0 saturated carbocycles. The van der Waals surface area contributed by atoms with Gasteiger partial charge in [-0.3, -0.25) is 10.2 Å². The van der Waals surface area contributed by atoms with Crippen molar-refractivity contribution in [1.82, 2.24) is 10.9 Å². The van der Waals surface area contributed by atoms with Gasteiger partial charge in [-0.05, 0) is 34.1 Å². The molecule has 0 aliphatic heterocycles. The second kappa shape index (κ2) is 4.74. The molecule has 0 aliphatic carbocycles. The lowest BCUT2D eigenvalue weighted by Gasteiger charge is -2.04. The van der Waals surface area contributed by atoms with E-state index in [2.05, 4.69) is 42.7 Å². The molecular weight excluding hydrogens is 300 g/mol. The number of hydrogen-bond donors (Lipinski definition) is 2. The monoisotopic (exact) mass is 306 g/mol. The molecule has 5 heteroatoms. The number of nitrogens with one attached hydrogen (secondary N) is 2. The van der Waals surface area contributed by atoms with E-state index in [-0.39, 0.29) is 5.91 Å². The first-order valence-corrected chi connectivity index (χ1v) is 5.16. The first-order chi connectivity index (χ1) is 6.15. The zero-order valence-corrected chi connectivity index (χ0v) is 10.1. The lowest BCUT2D eigenvalue weighted by molar-refractivity contribution is 0.0937. The van der Waals surface area contributed by atoms with Crippen molar-refractivity contribution in [3.8, 4) is 0 Å². The SMILES string of the molecule is CNNC(=O)c1ccc(Br)cc1Br. The van der Waals surface area contributed by atoms with Crippen LogP contribution in [0.3, 0.4) is 0 Å². The van der Waals surface area contributed by atoms with Crippen LogP contribution in [0.1, 0.15) is 10.4 Å². The number of hydrogen-bond acceptors (Lipinski definition) is 2. The normalized spacial score (nSPS) is 9.77. The third-order valence-corrected chi connectivity index (χ3v) is 2.56. The van der Waals surface area contributed by atoms with E-state index in [1.807, 2.05) is 12.1 Å². The molecule has 0 bridgehead atoms. The Morgan fingerprint density at radius 2 is 2.08 bits per heavy atom. The molecule has 0 aromatic heterocycles. The summed E-state index contributed by atoms with van der Waals surface area (Å²) in [6.45, 7) is 0. The molecule has 0 fully saturated rings. The molecule has 1 amide bonds. The Labute approximate surface area is 93.1 Å². The molecule has 0 unspecified atom stereocenters. The molecule has 1 aromatic carbocycles. The average Bonchev–Trinajstić information content (AvgIpc) is 2.04. The van der Waals surface area contributed by atoms with E-state index in [0.29, 0.717) is 5.56 Å². The molecule has 0 aliphatic rings. The summed E-state index contributed by atoms with van der Waals surface area (Å²) in [5.41, 5.74) is 5.66. The van der Waals surface area contributed by atoms with Gasteiger partial charge in [0.15, 0.2) is 0 Å². The quantitative estimate of drug-likeness (QED) is 0.821. The molecule has 0 heterocycles. The van der Waals surface area contributed by atoms with Gasteiger partial charge in [-0.2, -0.15) is 0 Å². The fraction of sp³-hybridized carbons (Fsp3) is 0.125. The predicted octanol–water partition coefficient (Wildman–Crippen LogP) is 2.08. The number of carbonyl (C=O) groups is 1. The number of rotatable bonds is 2. The van der Waals surface area contributed by atoms with Crippen LogP contribution < -0.4 is 10.9 Å². The van der Waals surface area contributed by atoms with Crippen LogP contribution in [0.5, 0.6) is 0 Å².